The number of phenols is 1. The van der Waals surface area contributed by atoms with Crippen LogP contribution in [-0.2, 0) is 6.54 Å². The molecule has 7 heteroatoms. The van der Waals surface area contributed by atoms with Crippen LogP contribution in [0.3, 0.4) is 0 Å². The highest BCUT2D eigenvalue weighted by Crippen LogP contribution is 2.35. The summed E-state index contributed by atoms with van der Waals surface area (Å²) < 4.78 is 16.9. The van der Waals surface area contributed by atoms with Crippen LogP contribution in [0.2, 0.25) is 0 Å². The highest BCUT2D eigenvalue weighted by atomic mass is 16.5. The molecule has 4 aromatic rings. The number of rotatable bonds is 9. The lowest BCUT2D eigenvalue weighted by atomic mass is 9.99. The summed E-state index contributed by atoms with van der Waals surface area (Å²) in [5.41, 5.74) is 0.612. The van der Waals surface area contributed by atoms with Gasteiger partial charge in [0.05, 0.1) is 17.7 Å². The molecule has 2 heterocycles. The molecule has 0 bridgehead atoms. The third-order valence-corrected chi connectivity index (χ3v) is 5.93. The van der Waals surface area contributed by atoms with Gasteiger partial charge in [-0.15, -0.1) is 0 Å². The summed E-state index contributed by atoms with van der Waals surface area (Å²) in [5.74, 6) is 1.38. The van der Waals surface area contributed by atoms with Gasteiger partial charge >= 0.3 is 11.3 Å². The molecule has 0 unspecified atom stereocenters. The minimum atomic E-state index is -0.605. The third kappa shape index (κ3) is 5.31. The van der Waals surface area contributed by atoms with E-state index in [1.807, 2.05) is 19.1 Å². The Morgan fingerprint density at radius 3 is 2.31 bits per heavy atom. The average Bonchev–Trinajstić information content (AvgIpc) is 2.80. The van der Waals surface area contributed by atoms with Gasteiger partial charge in [-0.2, -0.15) is 0 Å². The van der Waals surface area contributed by atoms with E-state index in [4.69, 9.17) is 13.6 Å². The molecular weight excluding hydrogens is 458 g/mol. The zero-order valence-electron chi connectivity index (χ0n) is 21.5. The van der Waals surface area contributed by atoms with Crippen molar-refractivity contribution in [1.29, 1.82) is 0 Å². The quantitative estimate of drug-likeness (QED) is 0.296. The molecule has 0 fully saturated rings. The van der Waals surface area contributed by atoms with E-state index in [-0.39, 0.29) is 16.9 Å². The molecule has 0 amide bonds. The molecular formula is C29H33NO6. The van der Waals surface area contributed by atoms with Gasteiger partial charge in [0.1, 0.15) is 11.3 Å². The predicted molar refractivity (Wildman–Crippen MR) is 142 cm³/mol. The Labute approximate surface area is 209 Å². The van der Waals surface area contributed by atoms with Gasteiger partial charge in [-0.3, -0.25) is 4.90 Å². The molecule has 2 aromatic carbocycles. The SMILES string of the molecule is CCOc1cccc2cc(-c3cc(=O)oc4c(CN(CC(C)C)CC(C)C)c(O)ccc34)c(=O)oc12. The first kappa shape index (κ1) is 25.5. The maximum Gasteiger partial charge on any atom is 0.344 e. The van der Waals surface area contributed by atoms with E-state index in [0.717, 1.165) is 13.1 Å². The lowest BCUT2D eigenvalue weighted by Gasteiger charge is -2.26. The van der Waals surface area contributed by atoms with Crippen LogP contribution in [0.15, 0.2) is 60.9 Å². The van der Waals surface area contributed by atoms with Gasteiger partial charge in [0.2, 0.25) is 0 Å². The second-order valence-electron chi connectivity index (χ2n) is 9.96. The predicted octanol–water partition coefficient (Wildman–Crippen LogP) is 5.78. The van der Waals surface area contributed by atoms with Crippen LogP contribution in [0.1, 0.15) is 40.2 Å². The molecule has 1 N–H and O–H groups in total. The number of hydrogen-bond acceptors (Lipinski definition) is 7. The first-order valence-corrected chi connectivity index (χ1v) is 12.4. The van der Waals surface area contributed by atoms with Gasteiger partial charge in [-0.1, -0.05) is 39.8 Å². The van der Waals surface area contributed by atoms with Crippen LogP contribution >= 0.6 is 0 Å². The summed E-state index contributed by atoms with van der Waals surface area (Å²) in [7, 11) is 0. The maximum absolute atomic E-state index is 13.1. The topological polar surface area (TPSA) is 93.1 Å². The van der Waals surface area contributed by atoms with Gasteiger partial charge < -0.3 is 18.7 Å². The molecule has 190 valence electrons. The van der Waals surface area contributed by atoms with Crippen molar-refractivity contribution in [3.8, 4) is 22.6 Å². The number of nitrogens with zero attached hydrogens (tertiary/aromatic N) is 1. The Kier molecular flexibility index (Phi) is 7.50. The Morgan fingerprint density at radius 2 is 1.64 bits per heavy atom. The fraction of sp³-hybridized carbons (Fsp3) is 0.379. The van der Waals surface area contributed by atoms with Crippen LogP contribution < -0.4 is 16.0 Å². The van der Waals surface area contributed by atoms with E-state index in [9.17, 15) is 14.7 Å². The van der Waals surface area contributed by atoms with Crippen molar-refractivity contribution < 1.29 is 18.7 Å². The first-order chi connectivity index (χ1) is 17.2. The van der Waals surface area contributed by atoms with E-state index in [1.165, 1.54) is 6.07 Å². The zero-order valence-corrected chi connectivity index (χ0v) is 21.5. The second kappa shape index (κ2) is 10.6. The van der Waals surface area contributed by atoms with E-state index in [1.54, 1.807) is 24.3 Å². The van der Waals surface area contributed by atoms with Crippen LogP contribution in [0, 0.1) is 11.8 Å². The Hall–Kier alpha value is -3.58. The molecule has 7 nitrogen and oxygen atoms in total. The standard InChI is InChI=1S/C29H33NO6/c1-6-34-25-9-7-8-19-12-22(29(33)36-27(19)25)21-13-26(32)35-28-20(21)10-11-24(31)23(28)16-30(14-17(2)3)15-18(4)5/h7-13,17-18,31H,6,14-16H2,1-5H3. The normalized spacial score (nSPS) is 11.9. The van der Waals surface area contributed by atoms with Crippen molar-refractivity contribution in [3.05, 3.63) is 68.9 Å². The smallest absolute Gasteiger partial charge is 0.344 e. The van der Waals surface area contributed by atoms with Crippen molar-refractivity contribution in [1.82, 2.24) is 4.90 Å². The van der Waals surface area contributed by atoms with Crippen LogP contribution in [-0.4, -0.2) is 29.7 Å². The molecule has 0 aliphatic carbocycles. The average molecular weight is 492 g/mol. The number of benzene rings is 2. The molecule has 0 aliphatic heterocycles. The van der Waals surface area contributed by atoms with Crippen molar-refractivity contribution in [2.75, 3.05) is 19.7 Å². The van der Waals surface area contributed by atoms with E-state index in [0.29, 0.717) is 58.2 Å². The van der Waals surface area contributed by atoms with Crippen molar-refractivity contribution >= 4 is 21.9 Å². The monoisotopic (exact) mass is 491 g/mol. The Bertz CT molecular complexity index is 1490. The molecule has 0 spiro atoms. The van der Waals surface area contributed by atoms with Gasteiger partial charge in [0.25, 0.3) is 0 Å². The van der Waals surface area contributed by atoms with Gasteiger partial charge in [0.15, 0.2) is 11.3 Å². The van der Waals surface area contributed by atoms with E-state index in [2.05, 4.69) is 32.6 Å². The van der Waals surface area contributed by atoms with E-state index < -0.39 is 11.3 Å². The van der Waals surface area contributed by atoms with Gasteiger partial charge in [-0.25, -0.2) is 9.59 Å². The van der Waals surface area contributed by atoms with Crippen LogP contribution in [0.25, 0.3) is 33.1 Å². The fourth-order valence-electron chi connectivity index (χ4n) is 4.68. The molecule has 2 aromatic heterocycles. The minimum Gasteiger partial charge on any atom is -0.507 e. The van der Waals surface area contributed by atoms with Gasteiger partial charge in [-0.05, 0) is 43.0 Å². The number of fused-ring (bicyclic) bond motifs is 2. The van der Waals surface area contributed by atoms with Gasteiger partial charge in [0, 0.05) is 42.0 Å². The lowest BCUT2D eigenvalue weighted by molar-refractivity contribution is 0.209. The minimum absolute atomic E-state index is 0.0483. The van der Waals surface area contributed by atoms with E-state index >= 15 is 0 Å². The highest BCUT2D eigenvalue weighted by Gasteiger charge is 2.21. The molecule has 0 saturated carbocycles. The summed E-state index contributed by atoms with van der Waals surface area (Å²) in [4.78, 5) is 28.0. The summed E-state index contributed by atoms with van der Waals surface area (Å²) in [5, 5.41) is 12.0. The van der Waals surface area contributed by atoms with Crippen molar-refractivity contribution in [3.63, 3.8) is 0 Å². The van der Waals surface area contributed by atoms with Crippen molar-refractivity contribution in [2.45, 2.75) is 41.2 Å². The number of hydrogen-bond donors (Lipinski definition) is 1. The maximum atomic E-state index is 13.1. The molecule has 0 radical (unpaired) electrons. The second-order valence-corrected chi connectivity index (χ2v) is 9.96. The largest absolute Gasteiger partial charge is 0.507 e. The molecule has 0 atom stereocenters. The van der Waals surface area contributed by atoms with Crippen LogP contribution in [0.4, 0.5) is 0 Å². The number of aromatic hydroxyl groups is 1. The Balaban J connectivity index is 1.90. The Morgan fingerprint density at radius 1 is 0.917 bits per heavy atom. The summed E-state index contributed by atoms with van der Waals surface area (Å²) in [6.45, 7) is 12.9. The number of para-hydroxylation sites is 1. The first-order valence-electron chi connectivity index (χ1n) is 12.4. The van der Waals surface area contributed by atoms with Crippen LogP contribution in [0.5, 0.6) is 11.5 Å². The summed E-state index contributed by atoms with van der Waals surface area (Å²) in [6.07, 6.45) is 0. The number of phenolic OH excluding ortho intramolecular Hbond substituents is 1. The summed E-state index contributed by atoms with van der Waals surface area (Å²) >= 11 is 0. The molecule has 4 rings (SSSR count). The number of ether oxygens (including phenoxy) is 1. The molecule has 0 saturated heterocycles. The third-order valence-electron chi connectivity index (χ3n) is 5.93. The molecule has 36 heavy (non-hydrogen) atoms. The lowest BCUT2D eigenvalue weighted by Crippen LogP contribution is -2.31. The fourth-order valence-corrected chi connectivity index (χ4v) is 4.68. The summed E-state index contributed by atoms with van der Waals surface area (Å²) in [6, 6.07) is 11.6. The van der Waals surface area contributed by atoms with Crippen molar-refractivity contribution in [2.24, 2.45) is 11.8 Å². The molecule has 0 aliphatic rings. The zero-order chi connectivity index (χ0) is 26.0. The highest BCUT2D eigenvalue weighted by molar-refractivity contribution is 5.97.